The van der Waals surface area contributed by atoms with Gasteiger partial charge in [0.25, 0.3) is 0 Å². The third kappa shape index (κ3) is 7.03. The van der Waals surface area contributed by atoms with Gasteiger partial charge in [-0.15, -0.1) is 0 Å². The Kier molecular flexibility index (Phi) is 8.99. The van der Waals surface area contributed by atoms with Gasteiger partial charge in [0.2, 0.25) is 0 Å². The number of sulfone groups is 1. The molecule has 1 aliphatic rings. The van der Waals surface area contributed by atoms with Crippen LogP contribution in [0.2, 0.25) is 0 Å². The van der Waals surface area contributed by atoms with Gasteiger partial charge >= 0.3 is 5.97 Å². The van der Waals surface area contributed by atoms with Crippen LogP contribution in [0.15, 0.2) is 77.7 Å². The Bertz CT molecular complexity index is 1680. The van der Waals surface area contributed by atoms with Gasteiger partial charge in [-0.1, -0.05) is 18.6 Å². The Balaban J connectivity index is 1.46. The number of fused-ring (bicyclic) bond motifs is 1. The Morgan fingerprint density at radius 3 is 2.38 bits per heavy atom. The molecule has 220 valence electrons. The van der Waals surface area contributed by atoms with E-state index in [1.165, 1.54) is 39.4 Å². The van der Waals surface area contributed by atoms with Crippen LogP contribution in [0, 0.1) is 0 Å². The Morgan fingerprint density at radius 2 is 1.69 bits per heavy atom. The number of nitrogens with one attached hydrogen (secondary N) is 1. The summed E-state index contributed by atoms with van der Waals surface area (Å²) in [6, 6.07) is 22.1. The summed E-state index contributed by atoms with van der Waals surface area (Å²) in [5, 5.41) is 5.14. The number of benzene rings is 4. The summed E-state index contributed by atoms with van der Waals surface area (Å²) >= 11 is 0. The molecule has 1 fully saturated rings. The molecule has 8 nitrogen and oxygen atoms in total. The highest BCUT2D eigenvalue weighted by atomic mass is 32.2. The number of rotatable bonds is 10. The van der Waals surface area contributed by atoms with Crippen LogP contribution in [-0.2, 0) is 14.6 Å². The molecule has 9 heteroatoms. The van der Waals surface area contributed by atoms with Gasteiger partial charge < -0.3 is 24.3 Å². The van der Waals surface area contributed by atoms with Gasteiger partial charge in [0, 0.05) is 30.2 Å². The summed E-state index contributed by atoms with van der Waals surface area (Å²) in [5.74, 6) is 2.21. The molecule has 1 heterocycles. The van der Waals surface area contributed by atoms with E-state index in [0.717, 1.165) is 46.9 Å². The van der Waals surface area contributed by atoms with E-state index in [4.69, 9.17) is 18.9 Å². The number of hydrogen-bond donors (Lipinski definition) is 1. The first-order valence-electron chi connectivity index (χ1n) is 14.0. The van der Waals surface area contributed by atoms with Gasteiger partial charge in [-0.3, -0.25) is 4.79 Å². The molecule has 0 spiro atoms. The molecule has 4 aromatic rings. The number of methoxy groups -OCH3 is 1. The number of piperidine rings is 1. The number of carbonyl (C=O) groups is 1. The Morgan fingerprint density at radius 1 is 0.929 bits per heavy atom. The van der Waals surface area contributed by atoms with E-state index in [-0.39, 0.29) is 10.6 Å². The van der Waals surface area contributed by atoms with E-state index >= 15 is 0 Å². The lowest BCUT2D eigenvalue weighted by Crippen LogP contribution is -2.35. The van der Waals surface area contributed by atoms with Gasteiger partial charge in [-0.2, -0.15) is 0 Å². The summed E-state index contributed by atoms with van der Waals surface area (Å²) in [7, 11) is -2.04. The quantitative estimate of drug-likeness (QED) is 0.164. The third-order valence-corrected chi connectivity index (χ3v) is 8.40. The maximum Gasteiger partial charge on any atom is 0.308 e. The molecular weight excluding hydrogens is 554 g/mol. The van der Waals surface area contributed by atoms with Gasteiger partial charge in [-0.25, -0.2) is 8.42 Å². The monoisotopic (exact) mass is 589 g/mol. The first-order valence-corrected chi connectivity index (χ1v) is 15.9. The maximum absolute atomic E-state index is 12.3. The van der Waals surface area contributed by atoms with Crippen molar-refractivity contribution < 1.29 is 32.2 Å². The third-order valence-electron chi connectivity index (χ3n) is 7.27. The standard InChI is InChI=1S/C33H35NO7S/c1-22(35)40-28-13-15-30-23(20-28)7-14-29(24-8-16-32(42(3,36)37)31(21-24)38-2)33(30)41-27-11-9-26(10-12-27)39-19-17-25-6-4-5-18-34-25/h7-16,20-21,25,34H,4-6,17-19H2,1-3H3. The molecule has 0 aromatic heterocycles. The molecule has 1 atom stereocenters. The van der Waals surface area contributed by atoms with Crippen molar-refractivity contribution in [2.75, 3.05) is 26.5 Å². The Hall–Kier alpha value is -4.08. The van der Waals surface area contributed by atoms with Gasteiger partial charge in [-0.05, 0) is 97.4 Å². The molecule has 0 amide bonds. The smallest absolute Gasteiger partial charge is 0.308 e. The minimum atomic E-state index is -3.48. The first-order chi connectivity index (χ1) is 20.2. The molecule has 0 aliphatic carbocycles. The van der Waals surface area contributed by atoms with Crippen molar-refractivity contribution in [3.63, 3.8) is 0 Å². The fourth-order valence-electron chi connectivity index (χ4n) is 5.20. The second kappa shape index (κ2) is 12.8. The number of carbonyl (C=O) groups excluding carboxylic acids is 1. The minimum Gasteiger partial charge on any atom is -0.495 e. The number of ether oxygens (including phenoxy) is 4. The molecule has 1 unspecified atom stereocenters. The summed E-state index contributed by atoms with van der Waals surface area (Å²) in [4.78, 5) is 11.6. The first kappa shape index (κ1) is 29.4. The van der Waals surface area contributed by atoms with Gasteiger partial charge in [0.1, 0.15) is 33.6 Å². The maximum atomic E-state index is 12.3. The van der Waals surface area contributed by atoms with Crippen LogP contribution in [0.4, 0.5) is 0 Å². The molecule has 42 heavy (non-hydrogen) atoms. The van der Waals surface area contributed by atoms with Gasteiger partial charge in [0.05, 0.1) is 13.7 Å². The van der Waals surface area contributed by atoms with E-state index in [1.54, 1.807) is 24.3 Å². The zero-order valence-corrected chi connectivity index (χ0v) is 24.8. The zero-order valence-electron chi connectivity index (χ0n) is 24.0. The molecule has 5 rings (SSSR count). The number of hydrogen-bond acceptors (Lipinski definition) is 8. The molecular formula is C33H35NO7S. The second-order valence-corrected chi connectivity index (χ2v) is 12.4. The molecule has 0 bridgehead atoms. The molecule has 1 N–H and O–H groups in total. The van der Waals surface area contributed by atoms with Crippen molar-refractivity contribution in [3.05, 3.63) is 72.8 Å². The largest absolute Gasteiger partial charge is 0.495 e. The average molecular weight is 590 g/mol. The van der Waals surface area contributed by atoms with Crippen molar-refractivity contribution in [3.8, 4) is 39.9 Å². The van der Waals surface area contributed by atoms with Crippen LogP contribution in [-0.4, -0.2) is 46.9 Å². The predicted octanol–water partition coefficient (Wildman–Crippen LogP) is 6.55. The fourth-order valence-corrected chi connectivity index (χ4v) is 6.02. The van der Waals surface area contributed by atoms with E-state index in [1.807, 2.05) is 42.5 Å². The molecule has 0 radical (unpaired) electrons. The van der Waals surface area contributed by atoms with E-state index in [9.17, 15) is 13.2 Å². The van der Waals surface area contributed by atoms with Crippen molar-refractivity contribution in [2.24, 2.45) is 0 Å². The molecule has 4 aromatic carbocycles. The normalized spacial score (nSPS) is 15.3. The summed E-state index contributed by atoms with van der Waals surface area (Å²) in [6.45, 7) is 3.07. The molecule has 1 aliphatic heterocycles. The van der Waals surface area contributed by atoms with Crippen LogP contribution in [0.3, 0.4) is 0 Å². The van der Waals surface area contributed by atoms with Gasteiger partial charge in [0.15, 0.2) is 9.84 Å². The lowest BCUT2D eigenvalue weighted by atomic mass is 9.99. The lowest BCUT2D eigenvalue weighted by Gasteiger charge is -2.23. The zero-order chi connectivity index (χ0) is 29.7. The van der Waals surface area contributed by atoms with Crippen LogP contribution in [0.1, 0.15) is 32.6 Å². The van der Waals surface area contributed by atoms with Crippen molar-refractivity contribution in [1.82, 2.24) is 5.32 Å². The van der Waals surface area contributed by atoms with Crippen molar-refractivity contribution in [2.45, 2.75) is 43.5 Å². The fraction of sp³-hybridized carbons (Fsp3) is 0.303. The van der Waals surface area contributed by atoms with Crippen LogP contribution in [0.25, 0.3) is 21.9 Å². The second-order valence-electron chi connectivity index (χ2n) is 10.4. The Labute approximate surface area is 246 Å². The number of esters is 1. The van der Waals surface area contributed by atoms with Crippen molar-refractivity contribution >= 4 is 26.6 Å². The predicted molar refractivity (Wildman–Crippen MR) is 163 cm³/mol. The van der Waals surface area contributed by atoms with E-state index in [2.05, 4.69) is 5.32 Å². The molecule has 1 saturated heterocycles. The highest BCUT2D eigenvalue weighted by Crippen LogP contribution is 2.42. The van der Waals surface area contributed by atoms with Crippen molar-refractivity contribution in [1.29, 1.82) is 0 Å². The van der Waals surface area contributed by atoms with Crippen LogP contribution >= 0.6 is 0 Å². The van der Waals surface area contributed by atoms with E-state index in [0.29, 0.717) is 29.9 Å². The topological polar surface area (TPSA) is 100 Å². The average Bonchev–Trinajstić information content (AvgIpc) is 2.97. The summed E-state index contributed by atoms with van der Waals surface area (Å²) < 4.78 is 47.7. The summed E-state index contributed by atoms with van der Waals surface area (Å²) in [5.41, 5.74) is 1.46. The van der Waals surface area contributed by atoms with Crippen LogP contribution in [0.5, 0.6) is 28.7 Å². The van der Waals surface area contributed by atoms with Crippen LogP contribution < -0.4 is 24.3 Å². The lowest BCUT2D eigenvalue weighted by molar-refractivity contribution is -0.131. The highest BCUT2D eigenvalue weighted by Gasteiger charge is 2.19. The minimum absolute atomic E-state index is 0.109. The van der Waals surface area contributed by atoms with E-state index < -0.39 is 15.8 Å². The summed E-state index contributed by atoms with van der Waals surface area (Å²) in [6.07, 6.45) is 5.81. The SMILES string of the molecule is COc1cc(-c2ccc3cc(OC(C)=O)ccc3c2Oc2ccc(OCCC3CCCCN3)cc2)ccc1S(C)(=O)=O. The molecule has 0 saturated carbocycles. The highest BCUT2D eigenvalue weighted by molar-refractivity contribution is 7.90.